The molecule has 37 heavy (non-hydrogen) atoms. The highest BCUT2D eigenvalue weighted by atomic mass is 79.9. The summed E-state index contributed by atoms with van der Waals surface area (Å²) < 4.78 is 23.0. The van der Waals surface area contributed by atoms with Crippen LogP contribution in [0.25, 0.3) is 6.08 Å². The van der Waals surface area contributed by atoms with Crippen molar-refractivity contribution in [1.82, 2.24) is 9.80 Å². The fourth-order valence-corrected chi connectivity index (χ4v) is 5.51. The summed E-state index contributed by atoms with van der Waals surface area (Å²) in [5.41, 5.74) is 0.714. The minimum Gasteiger partial charge on any atom is -0.490 e. The normalized spacial score (nSPS) is 16.9. The van der Waals surface area contributed by atoms with Crippen molar-refractivity contribution in [3.05, 3.63) is 27.1 Å². The van der Waals surface area contributed by atoms with E-state index in [0.29, 0.717) is 83.2 Å². The van der Waals surface area contributed by atoms with Crippen LogP contribution in [0.1, 0.15) is 38.7 Å². The Hall–Kier alpha value is -2.15. The maximum Gasteiger partial charge on any atom is 0.305 e. The summed E-state index contributed by atoms with van der Waals surface area (Å²) in [4.78, 5) is 40.9. The average molecular weight is 616 g/mol. The van der Waals surface area contributed by atoms with Crippen molar-refractivity contribution in [1.29, 1.82) is 0 Å². The largest absolute Gasteiger partial charge is 0.490 e. The monoisotopic (exact) mass is 614 g/mol. The molecule has 3 rings (SSSR count). The molecule has 12 heteroatoms. The molecule has 0 bridgehead atoms. The summed E-state index contributed by atoms with van der Waals surface area (Å²) in [5.74, 6) is 0.277. The lowest BCUT2D eigenvalue weighted by atomic mass is 10.1. The molecule has 0 radical (unpaired) electrons. The molecular formula is C25H31BrN2O7S2. The molecule has 2 fully saturated rings. The Morgan fingerprint density at radius 2 is 1.97 bits per heavy atom. The number of thioether (sulfide) groups is 1. The van der Waals surface area contributed by atoms with Gasteiger partial charge in [0.1, 0.15) is 4.32 Å². The van der Waals surface area contributed by atoms with Crippen LogP contribution in [0, 0.1) is 0 Å². The van der Waals surface area contributed by atoms with Crippen LogP contribution >= 0.6 is 39.9 Å². The summed E-state index contributed by atoms with van der Waals surface area (Å²) in [7, 11) is 0. The van der Waals surface area contributed by atoms with E-state index in [9.17, 15) is 14.4 Å². The summed E-state index contributed by atoms with van der Waals surface area (Å²) in [5, 5.41) is 0. The first-order valence-corrected chi connectivity index (χ1v) is 14.2. The minimum atomic E-state index is -0.273. The van der Waals surface area contributed by atoms with Gasteiger partial charge in [0.05, 0.1) is 35.8 Å². The number of benzene rings is 1. The summed E-state index contributed by atoms with van der Waals surface area (Å²) in [6, 6.07) is 3.56. The van der Waals surface area contributed by atoms with Crippen LogP contribution in [0.3, 0.4) is 0 Å². The van der Waals surface area contributed by atoms with Gasteiger partial charge < -0.3 is 23.8 Å². The van der Waals surface area contributed by atoms with E-state index < -0.39 is 0 Å². The van der Waals surface area contributed by atoms with Gasteiger partial charge in [0, 0.05) is 26.1 Å². The number of hydrogen-bond donors (Lipinski definition) is 0. The first-order valence-electron chi connectivity index (χ1n) is 12.2. The van der Waals surface area contributed by atoms with Gasteiger partial charge in [0.2, 0.25) is 0 Å². The maximum absolute atomic E-state index is 13.0. The molecule has 0 N–H and O–H groups in total. The lowest BCUT2D eigenvalue weighted by molar-refractivity contribution is -0.144. The molecule has 0 atom stereocenters. The quantitative estimate of drug-likeness (QED) is 0.196. The topological polar surface area (TPSA) is 94.6 Å². The number of halogens is 1. The number of carbonyl (C=O) groups is 3. The van der Waals surface area contributed by atoms with Crippen LogP contribution < -0.4 is 9.47 Å². The highest BCUT2D eigenvalue weighted by Crippen LogP contribution is 2.39. The van der Waals surface area contributed by atoms with Crippen molar-refractivity contribution in [2.75, 3.05) is 52.7 Å². The van der Waals surface area contributed by atoms with Crippen LogP contribution in [0.4, 0.5) is 0 Å². The van der Waals surface area contributed by atoms with E-state index in [-0.39, 0.29) is 30.8 Å². The summed E-state index contributed by atoms with van der Waals surface area (Å²) in [6.45, 7) is 6.93. The van der Waals surface area contributed by atoms with E-state index in [2.05, 4.69) is 15.9 Å². The smallest absolute Gasteiger partial charge is 0.305 e. The Bertz CT molecular complexity index is 1040. The Labute approximate surface area is 234 Å². The third-order valence-corrected chi connectivity index (χ3v) is 7.40. The van der Waals surface area contributed by atoms with Crippen molar-refractivity contribution in [3.8, 4) is 11.5 Å². The number of esters is 1. The van der Waals surface area contributed by atoms with Gasteiger partial charge in [-0.1, -0.05) is 30.9 Å². The number of ether oxygens (including phenoxy) is 4. The molecule has 2 heterocycles. The van der Waals surface area contributed by atoms with Gasteiger partial charge in [-0.15, -0.1) is 0 Å². The van der Waals surface area contributed by atoms with Crippen molar-refractivity contribution >= 4 is 68.1 Å². The zero-order valence-electron chi connectivity index (χ0n) is 21.0. The zero-order chi connectivity index (χ0) is 26.8. The number of thiocarbonyl (C=S) groups is 1. The first-order chi connectivity index (χ1) is 17.8. The third-order valence-electron chi connectivity index (χ3n) is 5.44. The van der Waals surface area contributed by atoms with Crippen LogP contribution in [0.5, 0.6) is 11.5 Å². The predicted octanol–water partition coefficient (Wildman–Crippen LogP) is 4.02. The lowest BCUT2D eigenvalue weighted by Crippen LogP contribution is -2.43. The van der Waals surface area contributed by atoms with Crippen LogP contribution in [-0.2, 0) is 23.9 Å². The Kier molecular flexibility index (Phi) is 11.7. The third kappa shape index (κ3) is 8.42. The molecule has 2 aliphatic heterocycles. The molecule has 2 aliphatic rings. The molecule has 2 saturated heterocycles. The second-order valence-electron chi connectivity index (χ2n) is 8.20. The summed E-state index contributed by atoms with van der Waals surface area (Å²) >= 11 is 10.1. The van der Waals surface area contributed by atoms with E-state index in [1.54, 1.807) is 23.1 Å². The predicted molar refractivity (Wildman–Crippen MR) is 149 cm³/mol. The van der Waals surface area contributed by atoms with Gasteiger partial charge in [0.25, 0.3) is 11.8 Å². The second-order valence-corrected chi connectivity index (χ2v) is 10.7. The Morgan fingerprint density at radius 3 is 2.68 bits per heavy atom. The van der Waals surface area contributed by atoms with E-state index >= 15 is 0 Å². The molecule has 9 nitrogen and oxygen atoms in total. The van der Waals surface area contributed by atoms with Crippen molar-refractivity contribution in [2.45, 2.75) is 33.1 Å². The number of carbonyl (C=O) groups excluding carboxylic acids is 3. The number of nitrogens with zero attached hydrogens (tertiary/aromatic N) is 2. The maximum atomic E-state index is 13.0. The summed E-state index contributed by atoms with van der Waals surface area (Å²) in [6.07, 6.45) is 3.21. The molecular weight excluding hydrogens is 584 g/mol. The number of hydrogen-bond acceptors (Lipinski definition) is 9. The average Bonchev–Trinajstić information content (AvgIpc) is 3.14. The van der Waals surface area contributed by atoms with Gasteiger partial charge in [-0.25, -0.2) is 0 Å². The van der Waals surface area contributed by atoms with E-state index in [0.717, 1.165) is 6.42 Å². The van der Waals surface area contributed by atoms with Crippen molar-refractivity contribution in [2.24, 2.45) is 0 Å². The molecule has 0 saturated carbocycles. The highest BCUT2D eigenvalue weighted by molar-refractivity contribution is 9.10. The minimum absolute atomic E-state index is 0.121. The Balaban J connectivity index is 1.66. The fourth-order valence-electron chi connectivity index (χ4n) is 3.63. The van der Waals surface area contributed by atoms with Crippen LogP contribution in [0.2, 0.25) is 0 Å². The first kappa shape index (κ1) is 29.4. The molecule has 1 aromatic rings. The van der Waals surface area contributed by atoms with Crippen LogP contribution in [0.15, 0.2) is 21.5 Å². The molecule has 0 unspecified atom stereocenters. The fraction of sp³-hybridized carbons (Fsp3) is 0.520. The number of amides is 2. The van der Waals surface area contributed by atoms with Gasteiger partial charge in [0.15, 0.2) is 18.1 Å². The van der Waals surface area contributed by atoms with E-state index in [1.807, 2.05) is 13.8 Å². The zero-order valence-corrected chi connectivity index (χ0v) is 24.2. The molecule has 202 valence electrons. The molecule has 1 aromatic carbocycles. The number of morpholine rings is 1. The van der Waals surface area contributed by atoms with E-state index in [1.165, 1.54) is 16.7 Å². The van der Waals surface area contributed by atoms with Crippen molar-refractivity contribution in [3.63, 3.8) is 0 Å². The highest BCUT2D eigenvalue weighted by Gasteiger charge is 2.32. The standard InChI is InChI=1S/C25H31BrN2O7S2/c1-3-10-34-22(30)6-5-7-28-24(31)20(37-25(28)36)15-17-13-18(26)23(19(14-17)33-4-2)35-16-21(29)27-8-11-32-12-9-27/h13-15H,3-12,16H2,1-2H3/b20-15+. The van der Waals surface area contributed by atoms with Gasteiger partial charge in [-0.2, -0.15) is 0 Å². The lowest BCUT2D eigenvalue weighted by Gasteiger charge is -2.27. The van der Waals surface area contributed by atoms with Gasteiger partial charge in [-0.05, 0) is 59.5 Å². The molecule has 0 aromatic heterocycles. The van der Waals surface area contributed by atoms with Gasteiger partial charge >= 0.3 is 5.97 Å². The SMILES string of the molecule is CCCOC(=O)CCCN1C(=O)/C(=C\c2cc(Br)c(OCC(=O)N3CCOCC3)c(OCC)c2)SC1=S. The molecule has 0 aliphatic carbocycles. The van der Waals surface area contributed by atoms with E-state index in [4.69, 9.17) is 31.2 Å². The van der Waals surface area contributed by atoms with Gasteiger partial charge in [-0.3, -0.25) is 19.3 Å². The second kappa shape index (κ2) is 14.7. The van der Waals surface area contributed by atoms with Crippen LogP contribution in [-0.4, -0.2) is 84.6 Å². The molecule has 2 amide bonds. The number of rotatable bonds is 12. The Morgan fingerprint density at radius 1 is 1.22 bits per heavy atom. The van der Waals surface area contributed by atoms with Crippen molar-refractivity contribution < 1.29 is 33.3 Å². The molecule has 0 spiro atoms.